The van der Waals surface area contributed by atoms with E-state index in [0.717, 1.165) is 44.1 Å². The molecule has 9 heteroatoms. The van der Waals surface area contributed by atoms with E-state index in [4.69, 9.17) is 0 Å². The first-order chi connectivity index (χ1) is 14.0. The molecule has 166 valence electrons. The molecule has 0 saturated carbocycles. The molecule has 0 spiro atoms. The van der Waals surface area contributed by atoms with E-state index in [1.807, 2.05) is 30.2 Å². The van der Waals surface area contributed by atoms with Gasteiger partial charge in [-0.3, -0.25) is 9.67 Å². The van der Waals surface area contributed by atoms with Gasteiger partial charge in [0.15, 0.2) is 5.96 Å². The van der Waals surface area contributed by atoms with E-state index in [2.05, 4.69) is 44.6 Å². The number of likely N-dealkylation sites (N-methyl/N-ethyl adjacent to an activating group) is 1. The number of hydrogen-bond donors (Lipinski definition) is 2. The van der Waals surface area contributed by atoms with Gasteiger partial charge in [0.1, 0.15) is 5.82 Å². The fourth-order valence-electron chi connectivity index (χ4n) is 3.75. The zero-order chi connectivity index (χ0) is 20.8. The first kappa shape index (κ1) is 24.4. The maximum Gasteiger partial charge on any atom is 0.191 e. The van der Waals surface area contributed by atoms with Crippen molar-refractivity contribution in [2.75, 3.05) is 45.7 Å². The highest BCUT2D eigenvalue weighted by atomic mass is 127. The number of anilines is 1. The van der Waals surface area contributed by atoms with Crippen molar-refractivity contribution >= 4 is 35.6 Å². The van der Waals surface area contributed by atoms with E-state index in [-0.39, 0.29) is 35.8 Å². The molecular weight excluding hydrogens is 496 g/mol. The Hall–Kier alpha value is -1.88. The van der Waals surface area contributed by atoms with Crippen molar-refractivity contribution in [3.05, 3.63) is 48.0 Å². The lowest BCUT2D eigenvalue weighted by Crippen LogP contribution is -2.49. The normalized spacial score (nSPS) is 16.3. The van der Waals surface area contributed by atoms with E-state index in [1.54, 1.807) is 19.2 Å². The van der Waals surface area contributed by atoms with E-state index in [9.17, 15) is 4.39 Å². The average Bonchev–Trinajstić information content (AvgIpc) is 3.13. The SMILES string of the molecule is CN=C(NCC(c1cnn(C)c1)N(C)C)NC1CCN(c2cccc(F)c2)CC1.I. The van der Waals surface area contributed by atoms with E-state index < -0.39 is 0 Å². The molecule has 0 amide bonds. The summed E-state index contributed by atoms with van der Waals surface area (Å²) in [6.07, 6.45) is 5.92. The number of piperidine rings is 1. The topological polar surface area (TPSA) is 60.7 Å². The summed E-state index contributed by atoms with van der Waals surface area (Å²) in [5.41, 5.74) is 2.13. The van der Waals surface area contributed by atoms with Crippen LogP contribution in [0.5, 0.6) is 0 Å². The summed E-state index contributed by atoms with van der Waals surface area (Å²) < 4.78 is 15.3. The van der Waals surface area contributed by atoms with Gasteiger partial charge in [0.2, 0.25) is 0 Å². The second-order valence-corrected chi connectivity index (χ2v) is 7.77. The summed E-state index contributed by atoms with van der Waals surface area (Å²) in [6.45, 7) is 2.53. The zero-order valence-electron chi connectivity index (χ0n) is 18.2. The minimum absolute atomic E-state index is 0. The van der Waals surface area contributed by atoms with Gasteiger partial charge in [0, 0.05) is 57.2 Å². The van der Waals surface area contributed by atoms with Crippen LogP contribution in [0.2, 0.25) is 0 Å². The van der Waals surface area contributed by atoms with Gasteiger partial charge in [-0.05, 0) is 45.1 Å². The number of aryl methyl sites for hydroxylation is 1. The lowest BCUT2D eigenvalue weighted by Gasteiger charge is -2.35. The molecule has 1 aromatic carbocycles. The van der Waals surface area contributed by atoms with Gasteiger partial charge in [-0.2, -0.15) is 5.10 Å². The van der Waals surface area contributed by atoms with Crippen molar-refractivity contribution in [3.63, 3.8) is 0 Å². The van der Waals surface area contributed by atoms with Crippen LogP contribution in [0.15, 0.2) is 41.7 Å². The first-order valence-corrected chi connectivity index (χ1v) is 10.1. The van der Waals surface area contributed by atoms with Crippen LogP contribution in [0.1, 0.15) is 24.4 Å². The summed E-state index contributed by atoms with van der Waals surface area (Å²) in [6, 6.07) is 7.38. The van der Waals surface area contributed by atoms with Gasteiger partial charge in [-0.25, -0.2) is 4.39 Å². The van der Waals surface area contributed by atoms with Crippen molar-refractivity contribution in [2.24, 2.45) is 12.0 Å². The van der Waals surface area contributed by atoms with Crippen LogP contribution in [0, 0.1) is 5.82 Å². The van der Waals surface area contributed by atoms with Crippen LogP contribution in [-0.4, -0.2) is 67.5 Å². The van der Waals surface area contributed by atoms with Crippen LogP contribution in [0.25, 0.3) is 0 Å². The third kappa shape index (κ3) is 6.56. The maximum absolute atomic E-state index is 13.5. The van der Waals surface area contributed by atoms with E-state index in [1.165, 1.54) is 11.6 Å². The number of nitrogens with zero attached hydrogens (tertiary/aromatic N) is 5. The third-order valence-corrected chi connectivity index (χ3v) is 5.43. The Kier molecular flexibility index (Phi) is 9.35. The number of rotatable bonds is 6. The smallest absolute Gasteiger partial charge is 0.191 e. The van der Waals surface area contributed by atoms with Crippen molar-refractivity contribution in [2.45, 2.75) is 24.9 Å². The minimum atomic E-state index is -0.184. The molecule has 1 atom stereocenters. The van der Waals surface area contributed by atoms with Gasteiger partial charge in [0.25, 0.3) is 0 Å². The van der Waals surface area contributed by atoms with Gasteiger partial charge >= 0.3 is 0 Å². The van der Waals surface area contributed by atoms with Crippen molar-refractivity contribution in [3.8, 4) is 0 Å². The Morgan fingerprint density at radius 2 is 2.07 bits per heavy atom. The highest BCUT2D eigenvalue weighted by Crippen LogP contribution is 2.21. The average molecular weight is 529 g/mol. The molecule has 30 heavy (non-hydrogen) atoms. The maximum atomic E-state index is 13.5. The van der Waals surface area contributed by atoms with E-state index in [0.29, 0.717) is 6.04 Å². The third-order valence-electron chi connectivity index (χ3n) is 5.43. The van der Waals surface area contributed by atoms with Gasteiger partial charge in [-0.1, -0.05) is 6.07 Å². The Morgan fingerprint density at radius 3 is 2.63 bits per heavy atom. The molecule has 1 aliphatic rings. The van der Waals surface area contributed by atoms with Gasteiger partial charge in [0.05, 0.1) is 12.2 Å². The highest BCUT2D eigenvalue weighted by Gasteiger charge is 2.21. The van der Waals surface area contributed by atoms with Crippen molar-refractivity contribution in [1.29, 1.82) is 0 Å². The molecule has 0 bridgehead atoms. The Morgan fingerprint density at radius 1 is 1.33 bits per heavy atom. The molecule has 1 unspecified atom stereocenters. The number of guanidine groups is 1. The summed E-state index contributed by atoms with van der Waals surface area (Å²) in [4.78, 5) is 8.81. The fourth-order valence-corrected chi connectivity index (χ4v) is 3.75. The molecule has 3 rings (SSSR count). The molecule has 2 heterocycles. The number of nitrogens with one attached hydrogen (secondary N) is 2. The fraction of sp³-hybridized carbons (Fsp3) is 0.524. The Balaban J connectivity index is 0.00000320. The Bertz CT molecular complexity index is 815. The summed E-state index contributed by atoms with van der Waals surface area (Å²) in [5, 5.41) is 11.3. The molecule has 2 aromatic rings. The Labute approximate surface area is 195 Å². The summed E-state index contributed by atoms with van der Waals surface area (Å²) in [7, 11) is 7.86. The quantitative estimate of drug-likeness (QED) is 0.343. The molecule has 1 saturated heterocycles. The van der Waals surface area contributed by atoms with Crippen LogP contribution < -0.4 is 15.5 Å². The zero-order valence-corrected chi connectivity index (χ0v) is 20.5. The predicted molar refractivity (Wildman–Crippen MR) is 131 cm³/mol. The standard InChI is InChI=1S/C21H32FN7.HI/c1-23-21(24-14-20(27(2)3)16-13-25-28(4)15-16)26-18-8-10-29(11-9-18)19-7-5-6-17(22)12-19;/h5-7,12-13,15,18,20H,8-11,14H2,1-4H3,(H2,23,24,26);1H. The monoisotopic (exact) mass is 529 g/mol. The minimum Gasteiger partial charge on any atom is -0.371 e. The molecule has 1 aromatic heterocycles. The second-order valence-electron chi connectivity index (χ2n) is 7.77. The highest BCUT2D eigenvalue weighted by molar-refractivity contribution is 14.0. The van der Waals surface area contributed by atoms with Crippen molar-refractivity contribution in [1.82, 2.24) is 25.3 Å². The summed E-state index contributed by atoms with van der Waals surface area (Å²) in [5.74, 6) is 0.626. The molecule has 0 aliphatic carbocycles. The first-order valence-electron chi connectivity index (χ1n) is 10.1. The molecule has 0 radical (unpaired) electrons. The largest absolute Gasteiger partial charge is 0.371 e. The predicted octanol–water partition coefficient (Wildman–Crippen LogP) is 2.61. The lowest BCUT2D eigenvalue weighted by atomic mass is 10.0. The number of halogens is 2. The molecule has 7 nitrogen and oxygen atoms in total. The lowest BCUT2D eigenvalue weighted by molar-refractivity contribution is 0.297. The second kappa shape index (κ2) is 11.5. The molecule has 1 aliphatic heterocycles. The van der Waals surface area contributed by atoms with Crippen LogP contribution >= 0.6 is 24.0 Å². The van der Waals surface area contributed by atoms with Gasteiger partial charge < -0.3 is 20.4 Å². The van der Waals surface area contributed by atoms with Crippen molar-refractivity contribution < 1.29 is 4.39 Å². The van der Waals surface area contributed by atoms with Crippen LogP contribution in [0.4, 0.5) is 10.1 Å². The number of aliphatic imine (C=N–C) groups is 1. The molecular formula is C21H33FIN7. The van der Waals surface area contributed by atoms with Crippen LogP contribution in [0.3, 0.4) is 0 Å². The number of hydrogen-bond acceptors (Lipinski definition) is 4. The van der Waals surface area contributed by atoms with Crippen LogP contribution in [-0.2, 0) is 7.05 Å². The number of benzene rings is 1. The van der Waals surface area contributed by atoms with E-state index >= 15 is 0 Å². The molecule has 1 fully saturated rings. The van der Waals surface area contributed by atoms with Gasteiger partial charge in [-0.15, -0.1) is 24.0 Å². The molecule has 2 N–H and O–H groups in total. The number of aromatic nitrogens is 2. The summed E-state index contributed by atoms with van der Waals surface area (Å²) >= 11 is 0.